The molecule has 108 valence electrons. The van der Waals surface area contributed by atoms with Crippen molar-refractivity contribution < 1.29 is 14.7 Å². The lowest BCUT2D eigenvalue weighted by Gasteiger charge is -2.11. The normalized spacial score (nSPS) is 10.2. The minimum Gasteiger partial charge on any atom is -0.478 e. The van der Waals surface area contributed by atoms with Crippen molar-refractivity contribution in [1.29, 1.82) is 0 Å². The summed E-state index contributed by atoms with van der Waals surface area (Å²) in [4.78, 5) is 23.6. The summed E-state index contributed by atoms with van der Waals surface area (Å²) in [6.45, 7) is 1.69. The predicted octanol–water partition coefficient (Wildman–Crippen LogP) is 4.47. The first-order valence-electron chi connectivity index (χ1n) is 5.99. The molecule has 0 aliphatic rings. The molecule has 0 aromatic heterocycles. The molecular formula is C15H11Br2NO3. The number of hydrogen-bond acceptors (Lipinski definition) is 2. The summed E-state index contributed by atoms with van der Waals surface area (Å²) in [5.74, 6) is -1.44. The second kappa shape index (κ2) is 6.41. The number of hydrogen-bond donors (Lipinski definition) is 2. The zero-order valence-electron chi connectivity index (χ0n) is 11.0. The van der Waals surface area contributed by atoms with Crippen molar-refractivity contribution >= 4 is 49.4 Å². The van der Waals surface area contributed by atoms with Crippen LogP contribution >= 0.6 is 31.9 Å². The van der Waals surface area contributed by atoms with Gasteiger partial charge in [-0.15, -0.1) is 0 Å². The lowest BCUT2D eigenvalue weighted by atomic mass is 10.1. The summed E-state index contributed by atoms with van der Waals surface area (Å²) < 4.78 is 1.46. The lowest BCUT2D eigenvalue weighted by Crippen LogP contribution is -2.16. The number of carboxylic acids is 1. The van der Waals surface area contributed by atoms with Crippen molar-refractivity contribution in [2.45, 2.75) is 6.92 Å². The topological polar surface area (TPSA) is 66.4 Å². The predicted molar refractivity (Wildman–Crippen MR) is 87.9 cm³/mol. The van der Waals surface area contributed by atoms with Gasteiger partial charge in [0.1, 0.15) is 0 Å². The van der Waals surface area contributed by atoms with E-state index in [-0.39, 0.29) is 17.2 Å². The molecule has 6 heteroatoms. The van der Waals surface area contributed by atoms with Crippen molar-refractivity contribution in [2.75, 3.05) is 5.32 Å². The molecule has 2 aromatic carbocycles. The van der Waals surface area contributed by atoms with Gasteiger partial charge in [0.2, 0.25) is 0 Å². The van der Waals surface area contributed by atoms with Gasteiger partial charge in [0.25, 0.3) is 5.91 Å². The minimum atomic E-state index is -1.07. The number of carbonyl (C=O) groups excluding carboxylic acids is 1. The van der Waals surface area contributed by atoms with E-state index in [2.05, 4.69) is 37.2 Å². The highest BCUT2D eigenvalue weighted by Gasteiger charge is 2.17. The molecule has 21 heavy (non-hydrogen) atoms. The fourth-order valence-electron chi connectivity index (χ4n) is 1.92. The number of carbonyl (C=O) groups is 2. The number of nitrogens with one attached hydrogen (secondary N) is 1. The standard InChI is InChI=1S/C15H11Br2NO3/c1-8-3-2-4-12(13(8)15(20)21)18-14(19)10-6-5-9(16)7-11(10)17/h2-7H,1H3,(H,18,19)(H,20,21). The number of aryl methyl sites for hydroxylation is 1. The first kappa shape index (κ1) is 15.7. The monoisotopic (exact) mass is 411 g/mol. The fourth-order valence-corrected chi connectivity index (χ4v) is 3.15. The summed E-state index contributed by atoms with van der Waals surface area (Å²) in [7, 11) is 0. The highest BCUT2D eigenvalue weighted by molar-refractivity contribution is 9.11. The fraction of sp³-hybridized carbons (Fsp3) is 0.0667. The molecule has 0 unspecified atom stereocenters. The van der Waals surface area contributed by atoms with Crippen LogP contribution < -0.4 is 5.32 Å². The van der Waals surface area contributed by atoms with Crippen LogP contribution in [-0.2, 0) is 0 Å². The van der Waals surface area contributed by atoms with Gasteiger partial charge in [0.15, 0.2) is 0 Å². The minimum absolute atomic E-state index is 0.0964. The Balaban J connectivity index is 2.36. The Morgan fingerprint density at radius 3 is 2.48 bits per heavy atom. The molecule has 0 aliphatic heterocycles. The maximum absolute atomic E-state index is 12.3. The summed E-state index contributed by atoms with van der Waals surface area (Å²) in [6.07, 6.45) is 0. The van der Waals surface area contributed by atoms with Gasteiger partial charge in [-0.05, 0) is 52.7 Å². The molecule has 0 bridgehead atoms. The van der Waals surface area contributed by atoms with Gasteiger partial charge < -0.3 is 10.4 Å². The van der Waals surface area contributed by atoms with Gasteiger partial charge in [-0.3, -0.25) is 4.79 Å². The molecule has 4 nitrogen and oxygen atoms in total. The van der Waals surface area contributed by atoms with Crippen LogP contribution in [0, 0.1) is 6.92 Å². The van der Waals surface area contributed by atoms with Crippen LogP contribution in [0.5, 0.6) is 0 Å². The van der Waals surface area contributed by atoms with E-state index in [1.165, 1.54) is 0 Å². The van der Waals surface area contributed by atoms with Gasteiger partial charge >= 0.3 is 5.97 Å². The van der Waals surface area contributed by atoms with Crippen LogP contribution in [0.25, 0.3) is 0 Å². The number of anilines is 1. The average Bonchev–Trinajstić information content (AvgIpc) is 2.37. The summed E-state index contributed by atoms with van der Waals surface area (Å²) >= 11 is 6.63. The van der Waals surface area contributed by atoms with Crippen molar-refractivity contribution in [3.8, 4) is 0 Å². The van der Waals surface area contributed by atoms with Crippen molar-refractivity contribution in [1.82, 2.24) is 0 Å². The number of amides is 1. The molecule has 0 saturated heterocycles. The molecule has 0 atom stereocenters. The molecule has 0 radical (unpaired) electrons. The van der Waals surface area contributed by atoms with Crippen LogP contribution in [0.15, 0.2) is 45.3 Å². The molecule has 2 rings (SSSR count). The number of rotatable bonds is 3. The third-order valence-electron chi connectivity index (χ3n) is 2.91. The van der Waals surface area contributed by atoms with Crippen LogP contribution in [0.3, 0.4) is 0 Å². The third-order valence-corrected chi connectivity index (χ3v) is 4.06. The number of halogens is 2. The Hall–Kier alpha value is -1.66. The average molecular weight is 413 g/mol. The smallest absolute Gasteiger partial charge is 0.338 e. The van der Waals surface area contributed by atoms with E-state index in [1.54, 1.807) is 43.3 Å². The largest absolute Gasteiger partial charge is 0.478 e. The zero-order valence-corrected chi connectivity index (χ0v) is 14.2. The third kappa shape index (κ3) is 3.51. The Morgan fingerprint density at radius 2 is 1.86 bits per heavy atom. The molecule has 0 spiro atoms. The second-order valence-corrected chi connectivity index (χ2v) is 6.15. The Bertz CT molecular complexity index is 729. The van der Waals surface area contributed by atoms with Crippen LogP contribution in [-0.4, -0.2) is 17.0 Å². The van der Waals surface area contributed by atoms with Crippen LogP contribution in [0.4, 0.5) is 5.69 Å². The molecule has 2 aromatic rings. The number of carboxylic acid groups (broad SMARTS) is 1. The van der Waals surface area contributed by atoms with Crippen LogP contribution in [0.2, 0.25) is 0 Å². The van der Waals surface area contributed by atoms with E-state index in [0.29, 0.717) is 15.6 Å². The second-order valence-electron chi connectivity index (χ2n) is 4.38. The van der Waals surface area contributed by atoms with Gasteiger partial charge in [0, 0.05) is 8.95 Å². The van der Waals surface area contributed by atoms with E-state index >= 15 is 0 Å². The number of benzene rings is 2. The first-order chi connectivity index (χ1) is 9.90. The van der Waals surface area contributed by atoms with E-state index in [4.69, 9.17) is 0 Å². The van der Waals surface area contributed by atoms with Crippen LogP contribution in [0.1, 0.15) is 26.3 Å². The van der Waals surface area contributed by atoms with Gasteiger partial charge in [-0.2, -0.15) is 0 Å². The summed E-state index contributed by atoms with van der Waals surface area (Å²) in [5.41, 5.74) is 1.40. The zero-order chi connectivity index (χ0) is 15.6. The lowest BCUT2D eigenvalue weighted by molar-refractivity contribution is 0.0697. The van der Waals surface area contributed by atoms with E-state index in [1.807, 2.05) is 0 Å². The Labute approximate surface area is 138 Å². The molecule has 0 heterocycles. The van der Waals surface area contributed by atoms with E-state index < -0.39 is 5.97 Å². The molecule has 0 fully saturated rings. The van der Waals surface area contributed by atoms with Crippen molar-refractivity contribution in [3.05, 3.63) is 62.0 Å². The molecular weight excluding hydrogens is 402 g/mol. The Morgan fingerprint density at radius 1 is 1.14 bits per heavy atom. The molecule has 2 N–H and O–H groups in total. The number of aromatic carboxylic acids is 1. The highest BCUT2D eigenvalue weighted by Crippen LogP contribution is 2.25. The highest BCUT2D eigenvalue weighted by atomic mass is 79.9. The maximum atomic E-state index is 12.3. The molecule has 1 amide bonds. The molecule has 0 saturated carbocycles. The van der Waals surface area contributed by atoms with Gasteiger partial charge in [-0.25, -0.2) is 4.79 Å². The summed E-state index contributed by atoms with van der Waals surface area (Å²) in [6, 6.07) is 10.1. The van der Waals surface area contributed by atoms with E-state index in [0.717, 1.165) is 4.47 Å². The van der Waals surface area contributed by atoms with Crippen molar-refractivity contribution in [3.63, 3.8) is 0 Å². The quantitative estimate of drug-likeness (QED) is 0.781. The summed E-state index contributed by atoms with van der Waals surface area (Å²) in [5, 5.41) is 11.9. The molecule has 0 aliphatic carbocycles. The first-order valence-corrected chi connectivity index (χ1v) is 7.58. The van der Waals surface area contributed by atoms with Gasteiger partial charge in [-0.1, -0.05) is 28.1 Å². The van der Waals surface area contributed by atoms with Crippen molar-refractivity contribution in [2.24, 2.45) is 0 Å². The Kier molecular flexibility index (Phi) is 4.80. The van der Waals surface area contributed by atoms with E-state index in [9.17, 15) is 14.7 Å². The maximum Gasteiger partial charge on any atom is 0.338 e. The van der Waals surface area contributed by atoms with Gasteiger partial charge in [0.05, 0.1) is 16.8 Å². The SMILES string of the molecule is Cc1cccc(NC(=O)c2ccc(Br)cc2Br)c1C(=O)O.